The van der Waals surface area contributed by atoms with E-state index >= 15 is 0 Å². The summed E-state index contributed by atoms with van der Waals surface area (Å²) in [6, 6.07) is 4.46. The van der Waals surface area contributed by atoms with Gasteiger partial charge in [-0.1, -0.05) is 0 Å². The van der Waals surface area contributed by atoms with Gasteiger partial charge in [-0.15, -0.1) is 10.2 Å². The van der Waals surface area contributed by atoms with Crippen LogP contribution in [0.1, 0.15) is 11.4 Å². The van der Waals surface area contributed by atoms with E-state index in [1.807, 2.05) is 16.7 Å². The highest BCUT2D eigenvalue weighted by molar-refractivity contribution is 5.40. The van der Waals surface area contributed by atoms with Gasteiger partial charge in [0.1, 0.15) is 5.82 Å². The van der Waals surface area contributed by atoms with Crippen LogP contribution in [0, 0.1) is 6.92 Å². The van der Waals surface area contributed by atoms with Crippen LogP contribution in [0.5, 0.6) is 0 Å². The lowest BCUT2D eigenvalue weighted by Crippen LogP contribution is -2.42. The highest BCUT2D eigenvalue weighted by atomic mass is 16.5. The van der Waals surface area contributed by atoms with E-state index in [4.69, 9.17) is 4.74 Å². The van der Waals surface area contributed by atoms with Crippen molar-refractivity contribution in [3.05, 3.63) is 29.7 Å². The van der Waals surface area contributed by atoms with Crippen LogP contribution in [0.25, 0.3) is 5.65 Å². The second kappa shape index (κ2) is 4.43. The molecule has 2 aromatic heterocycles. The Hall–Kier alpha value is -1.46. The number of aryl methyl sites for hydroxylation is 1. The van der Waals surface area contributed by atoms with Gasteiger partial charge in [0.05, 0.1) is 13.2 Å². The van der Waals surface area contributed by atoms with Crippen LogP contribution in [0.15, 0.2) is 18.3 Å². The number of hydrogen-bond acceptors (Lipinski definition) is 4. The van der Waals surface area contributed by atoms with E-state index in [-0.39, 0.29) is 0 Å². The Morgan fingerprint density at radius 3 is 3.29 bits per heavy atom. The van der Waals surface area contributed by atoms with Crippen molar-refractivity contribution in [1.29, 1.82) is 0 Å². The monoisotopic (exact) mass is 232 g/mol. The molecule has 1 aliphatic rings. The predicted octanol–water partition coefficient (Wildman–Crippen LogP) is 0.569. The third kappa shape index (κ3) is 2.16. The van der Waals surface area contributed by atoms with Gasteiger partial charge in [0, 0.05) is 25.2 Å². The molecule has 0 spiro atoms. The van der Waals surface area contributed by atoms with E-state index in [2.05, 4.69) is 28.5 Å². The molecule has 2 aromatic rings. The summed E-state index contributed by atoms with van der Waals surface area (Å²) in [6.45, 7) is 4.53. The van der Waals surface area contributed by atoms with Gasteiger partial charge in [0.15, 0.2) is 5.65 Å². The molecule has 5 nitrogen and oxygen atoms in total. The normalized spacial score (nSPS) is 20.9. The number of rotatable bonds is 2. The van der Waals surface area contributed by atoms with Gasteiger partial charge in [0.2, 0.25) is 0 Å². The first-order valence-corrected chi connectivity index (χ1v) is 5.94. The van der Waals surface area contributed by atoms with Crippen LogP contribution in [-0.2, 0) is 11.2 Å². The maximum atomic E-state index is 5.44. The second-order valence-electron chi connectivity index (χ2n) is 4.48. The topological polar surface area (TPSA) is 51.5 Å². The zero-order valence-electron chi connectivity index (χ0n) is 9.89. The second-order valence-corrected chi connectivity index (χ2v) is 4.48. The molecule has 0 aliphatic carbocycles. The lowest BCUT2D eigenvalue weighted by atomic mass is 10.2. The van der Waals surface area contributed by atoms with Gasteiger partial charge in [0.25, 0.3) is 0 Å². The summed E-state index contributed by atoms with van der Waals surface area (Å²) in [7, 11) is 0. The quantitative estimate of drug-likeness (QED) is 0.822. The summed E-state index contributed by atoms with van der Waals surface area (Å²) >= 11 is 0. The van der Waals surface area contributed by atoms with E-state index in [0.29, 0.717) is 6.04 Å². The lowest BCUT2D eigenvalue weighted by molar-refractivity contribution is 0.0763. The number of fused-ring (bicyclic) bond motifs is 1. The minimum atomic E-state index is 0.345. The molecular weight excluding hydrogens is 216 g/mol. The number of pyridine rings is 1. The highest BCUT2D eigenvalue weighted by Crippen LogP contribution is 2.09. The third-order valence-electron chi connectivity index (χ3n) is 3.06. The molecule has 1 saturated heterocycles. The first-order chi connectivity index (χ1) is 8.33. The summed E-state index contributed by atoms with van der Waals surface area (Å²) in [4.78, 5) is 0. The summed E-state index contributed by atoms with van der Waals surface area (Å²) < 4.78 is 7.49. The van der Waals surface area contributed by atoms with Crippen molar-refractivity contribution in [2.45, 2.75) is 19.4 Å². The average molecular weight is 232 g/mol. The van der Waals surface area contributed by atoms with Gasteiger partial charge >= 0.3 is 0 Å². The van der Waals surface area contributed by atoms with Crippen molar-refractivity contribution in [2.75, 3.05) is 19.8 Å². The van der Waals surface area contributed by atoms with Gasteiger partial charge in [-0.2, -0.15) is 0 Å². The fourth-order valence-electron chi connectivity index (χ4n) is 2.15. The molecule has 90 valence electrons. The minimum absolute atomic E-state index is 0.345. The Bertz CT molecular complexity index is 516. The molecule has 5 heteroatoms. The standard InChI is InChI=1S/C12H16N4O/c1-9-2-4-16-11(6-9)14-15-12(16)7-10-8-17-5-3-13-10/h2,4,6,10,13H,3,5,7-8H2,1H3. The number of aromatic nitrogens is 3. The molecule has 0 saturated carbocycles. The maximum Gasteiger partial charge on any atom is 0.161 e. The molecule has 1 aliphatic heterocycles. The van der Waals surface area contributed by atoms with Crippen molar-refractivity contribution in [2.24, 2.45) is 0 Å². The fraction of sp³-hybridized carbons (Fsp3) is 0.500. The number of nitrogens with zero attached hydrogens (tertiary/aromatic N) is 3. The van der Waals surface area contributed by atoms with Gasteiger partial charge in [-0.3, -0.25) is 4.40 Å². The summed E-state index contributed by atoms with van der Waals surface area (Å²) in [6.07, 6.45) is 2.88. The molecule has 1 atom stereocenters. The van der Waals surface area contributed by atoms with Crippen molar-refractivity contribution < 1.29 is 4.74 Å². The van der Waals surface area contributed by atoms with Crippen LogP contribution in [-0.4, -0.2) is 40.4 Å². The smallest absolute Gasteiger partial charge is 0.161 e. The summed E-state index contributed by atoms with van der Waals surface area (Å²) in [5.41, 5.74) is 2.12. The zero-order valence-corrected chi connectivity index (χ0v) is 9.89. The van der Waals surface area contributed by atoms with Gasteiger partial charge < -0.3 is 10.1 Å². The minimum Gasteiger partial charge on any atom is -0.379 e. The Morgan fingerprint density at radius 2 is 2.47 bits per heavy atom. The predicted molar refractivity (Wildman–Crippen MR) is 64.0 cm³/mol. The Morgan fingerprint density at radius 1 is 1.53 bits per heavy atom. The number of hydrogen-bond donors (Lipinski definition) is 1. The Labute approximate surface area is 99.8 Å². The van der Waals surface area contributed by atoms with E-state index < -0.39 is 0 Å². The van der Waals surface area contributed by atoms with E-state index in [9.17, 15) is 0 Å². The van der Waals surface area contributed by atoms with E-state index in [1.54, 1.807) is 0 Å². The Balaban J connectivity index is 1.84. The zero-order chi connectivity index (χ0) is 11.7. The van der Waals surface area contributed by atoms with Crippen molar-refractivity contribution in [3.63, 3.8) is 0 Å². The molecule has 1 unspecified atom stereocenters. The first-order valence-electron chi connectivity index (χ1n) is 5.94. The molecule has 3 heterocycles. The summed E-state index contributed by atoms with van der Waals surface area (Å²) in [5.74, 6) is 0.989. The van der Waals surface area contributed by atoms with Crippen molar-refractivity contribution >= 4 is 5.65 Å². The van der Waals surface area contributed by atoms with Crippen LogP contribution in [0.2, 0.25) is 0 Å². The maximum absolute atomic E-state index is 5.44. The van der Waals surface area contributed by atoms with Crippen molar-refractivity contribution in [3.8, 4) is 0 Å². The van der Waals surface area contributed by atoms with Crippen molar-refractivity contribution in [1.82, 2.24) is 19.9 Å². The molecule has 17 heavy (non-hydrogen) atoms. The van der Waals surface area contributed by atoms with Crippen LogP contribution in [0.3, 0.4) is 0 Å². The Kier molecular flexibility index (Phi) is 2.78. The summed E-state index contributed by atoms with van der Waals surface area (Å²) in [5, 5.41) is 11.9. The third-order valence-corrected chi connectivity index (χ3v) is 3.06. The van der Waals surface area contributed by atoms with Gasteiger partial charge in [-0.25, -0.2) is 0 Å². The van der Waals surface area contributed by atoms with E-state index in [1.165, 1.54) is 5.56 Å². The average Bonchev–Trinajstić information content (AvgIpc) is 2.73. The first kappa shape index (κ1) is 10.7. The molecule has 0 radical (unpaired) electrons. The highest BCUT2D eigenvalue weighted by Gasteiger charge is 2.16. The lowest BCUT2D eigenvalue weighted by Gasteiger charge is -2.22. The van der Waals surface area contributed by atoms with Crippen LogP contribution in [0.4, 0.5) is 0 Å². The molecule has 3 rings (SSSR count). The number of ether oxygens (including phenoxy) is 1. The fourth-order valence-corrected chi connectivity index (χ4v) is 2.15. The molecule has 1 N–H and O–H groups in total. The largest absolute Gasteiger partial charge is 0.379 e. The number of nitrogens with one attached hydrogen (secondary N) is 1. The SMILES string of the molecule is Cc1ccn2c(CC3COCCN3)nnc2c1. The number of morpholine rings is 1. The molecule has 1 fully saturated rings. The molecule has 0 bridgehead atoms. The molecule has 0 amide bonds. The van der Waals surface area contributed by atoms with Gasteiger partial charge in [-0.05, 0) is 24.6 Å². The van der Waals surface area contributed by atoms with Crippen LogP contribution < -0.4 is 5.32 Å². The van der Waals surface area contributed by atoms with Crippen LogP contribution >= 0.6 is 0 Å². The molecular formula is C12H16N4O. The molecule has 0 aromatic carbocycles. The van der Waals surface area contributed by atoms with E-state index in [0.717, 1.165) is 37.7 Å².